The Balaban J connectivity index is 2.37. The van der Waals surface area contributed by atoms with Crippen LogP contribution in [0.1, 0.15) is 0 Å². The van der Waals surface area contributed by atoms with Gasteiger partial charge in [0.25, 0.3) is 10.0 Å². The molecule has 2 aromatic rings. The molecule has 0 aliphatic rings. The van der Waals surface area contributed by atoms with Gasteiger partial charge in [0.05, 0.1) is 10.7 Å². The average molecular weight is 387 g/mol. The number of sulfonamides is 1. The molecular formula is C10H6BrCl2NO2S2. The summed E-state index contributed by atoms with van der Waals surface area (Å²) in [4.78, 5) is 0. The fourth-order valence-corrected chi connectivity index (χ4v) is 5.17. The number of thiophene rings is 1. The van der Waals surface area contributed by atoms with Crippen molar-refractivity contribution in [2.24, 2.45) is 0 Å². The van der Waals surface area contributed by atoms with Gasteiger partial charge in [-0.1, -0.05) is 23.2 Å². The molecule has 0 amide bonds. The third kappa shape index (κ3) is 3.00. The number of hydrogen-bond acceptors (Lipinski definition) is 3. The van der Waals surface area contributed by atoms with E-state index in [0.29, 0.717) is 15.2 Å². The SMILES string of the molecule is O=S(=O)(Nc1ccc(Cl)cc1Cl)c1sccc1Br. The van der Waals surface area contributed by atoms with Gasteiger partial charge in [-0.15, -0.1) is 11.3 Å². The molecule has 0 aliphatic heterocycles. The van der Waals surface area contributed by atoms with Crippen LogP contribution in [0.15, 0.2) is 38.3 Å². The Morgan fingerprint density at radius 2 is 1.94 bits per heavy atom. The Kier molecular flexibility index (Phi) is 4.23. The minimum atomic E-state index is -3.64. The summed E-state index contributed by atoms with van der Waals surface area (Å²) >= 11 is 16.0. The van der Waals surface area contributed by atoms with Crippen LogP contribution in [0.5, 0.6) is 0 Å². The highest BCUT2D eigenvalue weighted by molar-refractivity contribution is 9.10. The Labute approximate surface area is 127 Å². The van der Waals surface area contributed by atoms with Crippen molar-refractivity contribution in [3.63, 3.8) is 0 Å². The van der Waals surface area contributed by atoms with Gasteiger partial charge >= 0.3 is 0 Å². The molecule has 0 fully saturated rings. The molecule has 1 aromatic heterocycles. The molecule has 0 saturated heterocycles. The summed E-state index contributed by atoms with van der Waals surface area (Å²) in [6.45, 7) is 0. The second-order valence-corrected chi connectivity index (χ2v) is 7.78. The van der Waals surface area contributed by atoms with Crippen molar-refractivity contribution in [3.05, 3.63) is 44.2 Å². The number of anilines is 1. The van der Waals surface area contributed by atoms with Crippen LogP contribution >= 0.6 is 50.5 Å². The molecule has 18 heavy (non-hydrogen) atoms. The van der Waals surface area contributed by atoms with Gasteiger partial charge in [0.1, 0.15) is 0 Å². The summed E-state index contributed by atoms with van der Waals surface area (Å²) < 4.78 is 27.3. The minimum absolute atomic E-state index is 0.202. The van der Waals surface area contributed by atoms with Gasteiger partial charge in [0, 0.05) is 9.50 Å². The summed E-state index contributed by atoms with van der Waals surface area (Å²) in [6, 6.07) is 6.23. The first-order chi connectivity index (χ1) is 8.40. The van der Waals surface area contributed by atoms with E-state index in [1.807, 2.05) is 0 Å². The Hall–Kier alpha value is -0.270. The zero-order valence-corrected chi connectivity index (χ0v) is 13.4. The predicted molar refractivity (Wildman–Crippen MR) is 79.3 cm³/mol. The van der Waals surface area contributed by atoms with E-state index in [4.69, 9.17) is 23.2 Å². The third-order valence-corrected chi connectivity index (χ3v) is 6.59. The third-order valence-electron chi connectivity index (χ3n) is 2.00. The number of hydrogen-bond donors (Lipinski definition) is 1. The normalized spacial score (nSPS) is 11.5. The van der Waals surface area contributed by atoms with E-state index in [2.05, 4.69) is 20.7 Å². The first-order valence-electron chi connectivity index (χ1n) is 4.61. The lowest BCUT2D eigenvalue weighted by molar-refractivity contribution is 0.603. The van der Waals surface area contributed by atoms with Crippen LogP contribution in [0.4, 0.5) is 5.69 Å². The Bertz CT molecular complexity index is 685. The maximum atomic E-state index is 12.1. The second-order valence-electron chi connectivity index (χ2n) is 3.29. The average Bonchev–Trinajstić information content (AvgIpc) is 2.69. The van der Waals surface area contributed by atoms with Crippen molar-refractivity contribution in [1.29, 1.82) is 0 Å². The largest absolute Gasteiger partial charge is 0.277 e. The van der Waals surface area contributed by atoms with Gasteiger partial charge in [0.15, 0.2) is 4.21 Å². The highest BCUT2D eigenvalue weighted by Gasteiger charge is 2.20. The molecule has 1 aromatic carbocycles. The predicted octanol–water partition coefficient (Wildman–Crippen LogP) is 4.62. The van der Waals surface area contributed by atoms with E-state index in [1.165, 1.54) is 12.1 Å². The second kappa shape index (κ2) is 5.38. The molecule has 0 atom stereocenters. The van der Waals surface area contributed by atoms with Crippen LogP contribution in [-0.4, -0.2) is 8.42 Å². The topological polar surface area (TPSA) is 46.2 Å². The molecule has 0 radical (unpaired) electrons. The summed E-state index contributed by atoms with van der Waals surface area (Å²) in [5.74, 6) is 0. The summed E-state index contributed by atoms with van der Waals surface area (Å²) in [6.07, 6.45) is 0. The van der Waals surface area contributed by atoms with E-state index in [-0.39, 0.29) is 9.23 Å². The van der Waals surface area contributed by atoms with Crippen LogP contribution in [0.25, 0.3) is 0 Å². The smallest absolute Gasteiger partial charge is 0.272 e. The number of benzene rings is 1. The first-order valence-corrected chi connectivity index (χ1v) is 8.52. The monoisotopic (exact) mass is 385 g/mol. The van der Waals surface area contributed by atoms with E-state index < -0.39 is 10.0 Å². The van der Waals surface area contributed by atoms with Crippen molar-refractivity contribution in [2.75, 3.05) is 4.72 Å². The van der Waals surface area contributed by atoms with E-state index in [9.17, 15) is 8.42 Å². The molecule has 0 saturated carbocycles. The van der Waals surface area contributed by atoms with Crippen molar-refractivity contribution in [3.8, 4) is 0 Å². The molecule has 0 bridgehead atoms. The van der Waals surface area contributed by atoms with E-state index in [1.54, 1.807) is 17.5 Å². The molecule has 96 valence electrons. The maximum Gasteiger partial charge on any atom is 0.272 e. The standard InChI is InChI=1S/C10H6BrCl2NO2S2/c11-7-3-4-17-10(7)18(15,16)14-9-2-1-6(12)5-8(9)13/h1-5,14H. The van der Waals surface area contributed by atoms with Crippen LogP contribution in [0, 0.1) is 0 Å². The van der Waals surface area contributed by atoms with E-state index >= 15 is 0 Å². The lowest BCUT2D eigenvalue weighted by atomic mass is 10.3. The van der Waals surface area contributed by atoms with Crippen LogP contribution in [-0.2, 0) is 10.0 Å². The van der Waals surface area contributed by atoms with Crippen LogP contribution < -0.4 is 4.72 Å². The van der Waals surface area contributed by atoms with Gasteiger partial charge in [-0.2, -0.15) is 0 Å². The molecule has 8 heteroatoms. The van der Waals surface area contributed by atoms with Crippen molar-refractivity contribution in [2.45, 2.75) is 4.21 Å². The van der Waals surface area contributed by atoms with E-state index in [0.717, 1.165) is 11.3 Å². The lowest BCUT2D eigenvalue weighted by Gasteiger charge is -2.08. The summed E-state index contributed by atoms with van der Waals surface area (Å²) in [5.41, 5.74) is 0.293. The van der Waals surface area contributed by atoms with Gasteiger partial charge in [0.2, 0.25) is 0 Å². The van der Waals surface area contributed by atoms with Crippen molar-refractivity contribution >= 4 is 66.2 Å². The molecule has 1 N–H and O–H groups in total. The van der Waals surface area contributed by atoms with Gasteiger partial charge in [-0.3, -0.25) is 4.72 Å². The van der Waals surface area contributed by atoms with Gasteiger partial charge < -0.3 is 0 Å². The number of rotatable bonds is 3. The highest BCUT2D eigenvalue weighted by Crippen LogP contribution is 2.32. The number of halogens is 3. The Morgan fingerprint density at radius 3 is 2.50 bits per heavy atom. The van der Waals surface area contributed by atoms with Crippen molar-refractivity contribution in [1.82, 2.24) is 0 Å². The molecule has 1 heterocycles. The quantitative estimate of drug-likeness (QED) is 0.836. The zero-order chi connectivity index (χ0) is 13.3. The van der Waals surface area contributed by atoms with Crippen LogP contribution in [0.2, 0.25) is 10.0 Å². The molecule has 2 rings (SSSR count). The lowest BCUT2D eigenvalue weighted by Crippen LogP contribution is -2.12. The van der Waals surface area contributed by atoms with Gasteiger partial charge in [-0.25, -0.2) is 8.42 Å². The molecule has 0 aliphatic carbocycles. The van der Waals surface area contributed by atoms with Gasteiger partial charge in [-0.05, 0) is 45.6 Å². The molecule has 0 spiro atoms. The highest BCUT2D eigenvalue weighted by atomic mass is 79.9. The molecule has 3 nitrogen and oxygen atoms in total. The zero-order valence-electron chi connectivity index (χ0n) is 8.65. The minimum Gasteiger partial charge on any atom is -0.277 e. The summed E-state index contributed by atoms with van der Waals surface area (Å²) in [7, 11) is -3.64. The fourth-order valence-electron chi connectivity index (χ4n) is 1.23. The Morgan fingerprint density at radius 1 is 1.22 bits per heavy atom. The first kappa shape index (κ1) is 14.1. The fraction of sp³-hybridized carbons (Fsp3) is 0. The molecule has 0 unspecified atom stereocenters. The summed E-state index contributed by atoms with van der Waals surface area (Å²) in [5, 5.41) is 2.38. The van der Waals surface area contributed by atoms with Crippen molar-refractivity contribution < 1.29 is 8.42 Å². The molecular weight excluding hydrogens is 381 g/mol. The number of nitrogens with one attached hydrogen (secondary N) is 1. The maximum absolute atomic E-state index is 12.1. The van der Waals surface area contributed by atoms with Crippen LogP contribution in [0.3, 0.4) is 0 Å².